The van der Waals surface area contributed by atoms with E-state index in [1.165, 1.54) is 24.0 Å². The Bertz CT molecular complexity index is 3420. The van der Waals surface area contributed by atoms with Crippen molar-refractivity contribution in [2.45, 2.75) is 193 Å². The van der Waals surface area contributed by atoms with E-state index in [0.717, 1.165) is 5.56 Å². The fourth-order valence-corrected chi connectivity index (χ4v) is 11.2. The molecule has 0 aromatic heterocycles. The van der Waals surface area contributed by atoms with Crippen LogP contribution in [0.5, 0.6) is 5.75 Å². The average Bonchev–Trinajstić information content (AvgIpc) is 1.76. The van der Waals surface area contributed by atoms with Gasteiger partial charge in [0.1, 0.15) is 79.9 Å². The minimum Gasteiger partial charge on any atom is -0.508 e. The quantitative estimate of drug-likeness (QED) is 0.00998. The maximum atomic E-state index is 14.9. The van der Waals surface area contributed by atoms with Crippen LogP contribution < -0.4 is 59.3 Å². The number of alkyl carbamates (subject to hydrolysis) is 2. The zero-order valence-corrected chi connectivity index (χ0v) is 59.6. The second-order valence-corrected chi connectivity index (χ2v) is 26.5. The van der Waals surface area contributed by atoms with Crippen LogP contribution in [-0.2, 0) is 83.6 Å². The molecule has 4 aromatic carbocycles. The number of likely N-dealkylation sites (tertiary alicyclic amines) is 1. The summed E-state index contributed by atoms with van der Waals surface area (Å²) < 4.78 is 16.2. The summed E-state index contributed by atoms with van der Waals surface area (Å²) >= 11 is 0. The smallest absolute Gasteiger partial charge is 0.408 e. The maximum Gasteiger partial charge on any atom is 0.408 e. The highest BCUT2D eigenvalue weighted by atomic mass is 16.6. The maximum absolute atomic E-state index is 14.9. The Morgan fingerprint density at radius 2 is 0.981 bits per heavy atom. The number of ether oxygens (including phenoxy) is 3. The van der Waals surface area contributed by atoms with Crippen LogP contribution in [0.25, 0.3) is 0 Å². The summed E-state index contributed by atoms with van der Waals surface area (Å²) in [6.07, 6.45) is -2.48. The van der Waals surface area contributed by atoms with Gasteiger partial charge in [-0.2, -0.15) is 0 Å². The highest BCUT2D eigenvalue weighted by molar-refractivity contribution is 5.99. The number of amides is 10. The fraction of sp³-hybridized carbons (Fsp3) is 0.507. The Kier molecular flexibility index (Phi) is 35.1. The molecular weight excluding hydrogens is 1330 g/mol. The molecule has 1 fully saturated rings. The van der Waals surface area contributed by atoms with E-state index in [1.54, 1.807) is 139 Å². The van der Waals surface area contributed by atoms with Crippen LogP contribution in [0.15, 0.2) is 120 Å². The van der Waals surface area contributed by atoms with Gasteiger partial charge in [-0.1, -0.05) is 145 Å². The van der Waals surface area contributed by atoms with E-state index in [4.69, 9.17) is 25.7 Å². The molecule has 562 valence electrons. The van der Waals surface area contributed by atoms with Crippen LogP contribution in [0.2, 0.25) is 0 Å². The molecule has 0 radical (unpaired) electrons. The molecular formula is C73H103N13O17. The summed E-state index contributed by atoms with van der Waals surface area (Å²) in [6.45, 7) is 10.7. The Labute approximate surface area is 600 Å². The standard InChI is InChI=1S/C73H103N13O17/c1-44(2)37-55(64(92)79-54(28-19-35-76-71(74)75)63(91)82-57(39-48-30-32-52(89)33-31-48)70(98)101-41-49-21-11-8-12-22-49)80-62(90)53(27-17-18-34-77-72(99)102-42-50-23-13-9-14-24-50)78-65(93)56(38-45(3)4)81-68(96)61(47(7)88)85-67(95)60(46(5)6)84-66(94)59-29-20-36-86(59)69(97)58(40-87)83-73(100)103-43-51-25-15-10-16-26-51/h8-16,21-26,30-33,44-47,53-61,87-89H,17-20,27-29,34-43H2,1-7H3,(H,77,99)(H,78,93)(H,79,92)(H,80,90)(H,81,96)(H,82,91)(H,83,100)(H,84,94)(H,85,95)(H4,74,75,76)/t47-,53-,54+,55+,56+,57+,58+,59+,60+,61+/m1/s1. The summed E-state index contributed by atoms with van der Waals surface area (Å²) in [5.41, 5.74) is 13.9. The van der Waals surface area contributed by atoms with E-state index in [-0.39, 0.29) is 121 Å². The number of hydrogen-bond donors (Lipinski definition) is 14. The molecule has 1 aliphatic rings. The molecule has 0 spiro atoms. The van der Waals surface area contributed by atoms with Gasteiger partial charge in [-0.25, -0.2) is 14.4 Å². The normalized spacial score (nSPS) is 15.2. The van der Waals surface area contributed by atoms with Gasteiger partial charge >= 0.3 is 18.2 Å². The lowest BCUT2D eigenvalue weighted by atomic mass is 9.99. The SMILES string of the molecule is CC(C)C[C@H](NC(=O)[C@@H](NC(=O)[C@@H](NC(=O)[C@@H]1CCCN1C(=O)[C@H](CO)NC(=O)OCc1ccccc1)C(C)C)[C@@H](C)O)C(=O)N[C@H](CCCCNC(=O)OCc1ccccc1)C(=O)N[C@@H](CC(C)C)C(=O)N[C@@H](CCCN=C(N)N)C(=O)N[C@@H](Cc1ccc(O)cc1)C(=O)OCc1ccccc1. The van der Waals surface area contributed by atoms with Crippen molar-refractivity contribution in [2.75, 3.05) is 26.2 Å². The third-order valence-electron chi connectivity index (χ3n) is 16.6. The number of aliphatic hydroxyl groups is 2. The molecule has 0 unspecified atom stereocenters. The predicted molar refractivity (Wildman–Crippen MR) is 381 cm³/mol. The first-order valence-electron chi connectivity index (χ1n) is 34.8. The Balaban J connectivity index is 1.35. The summed E-state index contributed by atoms with van der Waals surface area (Å²) in [5, 5.41) is 55.1. The number of aromatic hydroxyl groups is 1. The van der Waals surface area contributed by atoms with Crippen LogP contribution in [-0.4, -0.2) is 178 Å². The van der Waals surface area contributed by atoms with Gasteiger partial charge in [0.15, 0.2) is 5.96 Å². The lowest BCUT2D eigenvalue weighted by molar-refractivity contribution is -0.149. The molecule has 30 nitrogen and oxygen atoms in total. The van der Waals surface area contributed by atoms with Gasteiger partial charge in [0.05, 0.1) is 12.7 Å². The zero-order valence-electron chi connectivity index (χ0n) is 59.6. The summed E-state index contributed by atoms with van der Waals surface area (Å²) in [6, 6.07) is 20.0. The zero-order chi connectivity index (χ0) is 75.5. The van der Waals surface area contributed by atoms with E-state index in [9.17, 15) is 68.1 Å². The first kappa shape index (κ1) is 83.3. The van der Waals surface area contributed by atoms with Crippen molar-refractivity contribution in [3.63, 3.8) is 0 Å². The Hall–Kier alpha value is -10.4. The molecule has 103 heavy (non-hydrogen) atoms. The van der Waals surface area contributed by atoms with Crippen molar-refractivity contribution in [1.82, 2.24) is 52.8 Å². The van der Waals surface area contributed by atoms with Gasteiger partial charge in [-0.15, -0.1) is 0 Å². The van der Waals surface area contributed by atoms with E-state index < -0.39 is 138 Å². The number of hydrogen-bond acceptors (Lipinski definition) is 18. The lowest BCUT2D eigenvalue weighted by Crippen LogP contribution is -2.62. The van der Waals surface area contributed by atoms with Crippen LogP contribution in [0.1, 0.15) is 129 Å². The number of aliphatic hydroxyl groups excluding tert-OH is 2. The van der Waals surface area contributed by atoms with Crippen LogP contribution >= 0.6 is 0 Å². The number of nitrogens with one attached hydrogen (secondary N) is 9. The van der Waals surface area contributed by atoms with Gasteiger partial charge in [0.2, 0.25) is 47.3 Å². The van der Waals surface area contributed by atoms with Crippen molar-refractivity contribution in [3.8, 4) is 5.75 Å². The van der Waals surface area contributed by atoms with Gasteiger partial charge < -0.3 is 93.7 Å². The molecule has 30 heteroatoms. The molecule has 10 atom stereocenters. The number of esters is 1. The first-order chi connectivity index (χ1) is 49.1. The minimum absolute atomic E-state index is 0.00174. The number of nitrogens with two attached hydrogens (primary N) is 2. The number of benzene rings is 4. The van der Waals surface area contributed by atoms with Crippen molar-refractivity contribution in [1.29, 1.82) is 0 Å². The summed E-state index contributed by atoms with van der Waals surface area (Å²) in [4.78, 5) is 160. The predicted octanol–water partition coefficient (Wildman–Crippen LogP) is 2.63. The number of rotatable bonds is 41. The van der Waals surface area contributed by atoms with Crippen molar-refractivity contribution >= 4 is 71.4 Å². The van der Waals surface area contributed by atoms with Crippen molar-refractivity contribution < 1.29 is 82.3 Å². The van der Waals surface area contributed by atoms with Crippen LogP contribution in [0.3, 0.4) is 0 Å². The topological polar surface area (TPSA) is 452 Å². The molecule has 1 aliphatic heterocycles. The highest BCUT2D eigenvalue weighted by Gasteiger charge is 2.41. The van der Waals surface area contributed by atoms with Crippen LogP contribution in [0.4, 0.5) is 9.59 Å². The number of unbranched alkanes of at least 4 members (excludes halogenated alkanes) is 1. The Morgan fingerprint density at radius 1 is 0.515 bits per heavy atom. The number of nitrogens with zero attached hydrogens (tertiary/aromatic N) is 2. The molecule has 16 N–H and O–H groups in total. The average molecular weight is 1430 g/mol. The molecule has 1 heterocycles. The lowest BCUT2D eigenvalue weighted by Gasteiger charge is -2.31. The van der Waals surface area contributed by atoms with E-state index in [1.807, 2.05) is 6.07 Å². The summed E-state index contributed by atoms with van der Waals surface area (Å²) in [7, 11) is 0. The third kappa shape index (κ3) is 29.6. The molecule has 5 rings (SSSR count). The molecule has 4 aromatic rings. The van der Waals surface area contributed by atoms with E-state index >= 15 is 0 Å². The molecule has 0 saturated carbocycles. The Morgan fingerprint density at radius 3 is 1.48 bits per heavy atom. The van der Waals surface area contributed by atoms with E-state index in [2.05, 4.69) is 52.8 Å². The monoisotopic (exact) mass is 1430 g/mol. The third-order valence-corrected chi connectivity index (χ3v) is 16.6. The molecule has 1 saturated heterocycles. The molecule has 0 bridgehead atoms. The number of aliphatic imine (C=N–C) groups is 1. The minimum atomic E-state index is -1.74. The van der Waals surface area contributed by atoms with Crippen molar-refractivity contribution in [3.05, 3.63) is 138 Å². The largest absolute Gasteiger partial charge is 0.508 e. The number of phenols is 1. The van der Waals surface area contributed by atoms with Crippen LogP contribution in [0, 0.1) is 17.8 Å². The van der Waals surface area contributed by atoms with Gasteiger partial charge in [0.25, 0.3) is 0 Å². The summed E-state index contributed by atoms with van der Waals surface area (Å²) in [5.74, 6) is -9.09. The van der Waals surface area contributed by atoms with Gasteiger partial charge in [0, 0.05) is 26.1 Å². The number of guanidine groups is 1. The number of phenolic OH excluding ortho intramolecular Hbond substituents is 1. The van der Waals surface area contributed by atoms with Gasteiger partial charge in [-0.3, -0.25) is 43.3 Å². The second kappa shape index (κ2) is 43.4. The number of carbonyl (C=O) groups is 11. The van der Waals surface area contributed by atoms with E-state index in [0.29, 0.717) is 23.1 Å². The highest BCUT2D eigenvalue weighted by Crippen LogP contribution is 2.21. The van der Waals surface area contributed by atoms with Crippen molar-refractivity contribution in [2.24, 2.45) is 34.2 Å². The first-order valence-corrected chi connectivity index (χ1v) is 34.8. The number of carbonyl (C=O) groups excluding carboxylic acids is 11. The second-order valence-electron chi connectivity index (χ2n) is 26.5. The van der Waals surface area contributed by atoms with Gasteiger partial charge in [-0.05, 0) is 117 Å². The molecule has 10 amide bonds. The fourth-order valence-electron chi connectivity index (χ4n) is 11.2. The molecule has 0 aliphatic carbocycles.